The molecule has 1 aliphatic rings. The van der Waals surface area contributed by atoms with Gasteiger partial charge in [-0.1, -0.05) is 43.3 Å². The summed E-state index contributed by atoms with van der Waals surface area (Å²) >= 11 is 0. The van der Waals surface area contributed by atoms with Crippen LogP contribution in [0.2, 0.25) is 0 Å². The van der Waals surface area contributed by atoms with Crippen LogP contribution in [0.25, 0.3) is 5.76 Å². The van der Waals surface area contributed by atoms with Crippen molar-refractivity contribution in [2.45, 2.75) is 25.8 Å². The molecule has 1 amide bonds. The first kappa shape index (κ1) is 26.5. The van der Waals surface area contributed by atoms with E-state index in [1.165, 1.54) is 12.0 Å². The minimum Gasteiger partial charge on any atom is -0.507 e. The number of carbonyl (C=O) groups excluding carboxylic acids is 3. The van der Waals surface area contributed by atoms with Crippen molar-refractivity contribution >= 4 is 29.1 Å². The maximum Gasteiger partial charge on any atom is 0.309 e. The van der Waals surface area contributed by atoms with E-state index in [1.807, 2.05) is 6.92 Å². The third kappa shape index (κ3) is 5.39. The van der Waals surface area contributed by atoms with E-state index in [0.717, 1.165) is 6.42 Å². The third-order valence-corrected chi connectivity index (χ3v) is 6.25. The second-order valence-corrected chi connectivity index (χ2v) is 8.74. The Morgan fingerprint density at radius 2 is 1.66 bits per heavy atom. The van der Waals surface area contributed by atoms with Gasteiger partial charge < -0.3 is 19.3 Å². The van der Waals surface area contributed by atoms with E-state index in [2.05, 4.69) is 0 Å². The average Bonchev–Trinajstić information content (AvgIpc) is 3.22. The summed E-state index contributed by atoms with van der Waals surface area (Å²) in [4.78, 5) is 39.8. The van der Waals surface area contributed by atoms with Gasteiger partial charge in [0.15, 0.2) is 0 Å². The van der Waals surface area contributed by atoms with Crippen molar-refractivity contribution < 1.29 is 33.7 Å². The van der Waals surface area contributed by atoms with Gasteiger partial charge in [0.25, 0.3) is 11.7 Å². The Morgan fingerprint density at radius 3 is 2.29 bits per heavy atom. The van der Waals surface area contributed by atoms with Crippen molar-refractivity contribution in [2.24, 2.45) is 0 Å². The summed E-state index contributed by atoms with van der Waals surface area (Å²) in [6, 6.07) is 19.6. The molecule has 1 unspecified atom stereocenters. The number of esters is 1. The largest absolute Gasteiger partial charge is 0.507 e. The number of amides is 1. The number of Topliss-reactive ketones (excluding diaryl/α,β-unsaturated/α-hetero) is 1. The molecule has 0 radical (unpaired) electrons. The van der Waals surface area contributed by atoms with E-state index >= 15 is 0 Å². The van der Waals surface area contributed by atoms with Crippen LogP contribution >= 0.6 is 0 Å². The van der Waals surface area contributed by atoms with Crippen LogP contribution in [0, 0.1) is 0 Å². The number of anilines is 1. The summed E-state index contributed by atoms with van der Waals surface area (Å²) in [6.07, 6.45) is 0.894. The maximum absolute atomic E-state index is 13.4. The Hall–Kier alpha value is -4.59. The minimum absolute atomic E-state index is 0.0357. The highest BCUT2D eigenvalue weighted by Gasteiger charge is 2.47. The fraction of sp³-hybridized carbons (Fsp3) is 0.233. The summed E-state index contributed by atoms with van der Waals surface area (Å²) < 4.78 is 15.7. The summed E-state index contributed by atoms with van der Waals surface area (Å²) in [5.41, 5.74) is 2.08. The average molecular weight is 516 g/mol. The number of ether oxygens (including phenoxy) is 3. The van der Waals surface area contributed by atoms with Crippen molar-refractivity contribution in [3.8, 4) is 11.5 Å². The molecule has 3 aromatic rings. The molecule has 0 aromatic heterocycles. The second kappa shape index (κ2) is 11.6. The number of hydrogen-bond donors (Lipinski definition) is 1. The van der Waals surface area contributed by atoms with Gasteiger partial charge in [-0.25, -0.2) is 0 Å². The Balaban J connectivity index is 1.82. The monoisotopic (exact) mass is 515 g/mol. The summed E-state index contributed by atoms with van der Waals surface area (Å²) in [5, 5.41) is 11.4. The van der Waals surface area contributed by atoms with Crippen LogP contribution in [-0.4, -0.2) is 43.6 Å². The predicted molar refractivity (Wildman–Crippen MR) is 142 cm³/mol. The smallest absolute Gasteiger partial charge is 0.309 e. The highest BCUT2D eigenvalue weighted by Crippen LogP contribution is 2.42. The van der Waals surface area contributed by atoms with Crippen LogP contribution in [-0.2, 0) is 25.5 Å². The first-order valence-corrected chi connectivity index (χ1v) is 12.2. The molecular weight excluding hydrogens is 486 g/mol. The lowest BCUT2D eigenvalue weighted by atomic mass is 9.95. The molecule has 0 saturated carbocycles. The number of benzene rings is 3. The standard InChI is InChI=1S/C30H29NO7/c1-4-16-38-24-7-5-6-21(18-24)28(33)26-27(20-10-14-23(36-2)15-11-20)31(30(35)29(26)34)22-12-8-19(9-13-22)17-25(32)37-3/h5-15,18,27,33H,4,16-17H2,1-3H3/b28-26-. The fourth-order valence-corrected chi connectivity index (χ4v) is 4.32. The van der Waals surface area contributed by atoms with Gasteiger partial charge in [-0.05, 0) is 53.9 Å². The van der Waals surface area contributed by atoms with E-state index in [9.17, 15) is 19.5 Å². The quantitative estimate of drug-likeness (QED) is 0.189. The molecule has 196 valence electrons. The SMILES string of the molecule is CCCOc1cccc(/C(O)=C2/C(=O)C(=O)N(c3ccc(CC(=O)OC)cc3)C2c2ccc(OC)cc2)c1. The van der Waals surface area contributed by atoms with Gasteiger partial charge in [0, 0.05) is 11.3 Å². The molecule has 4 rings (SSSR count). The molecule has 1 N–H and O–H groups in total. The zero-order chi connectivity index (χ0) is 27.2. The van der Waals surface area contributed by atoms with Crippen LogP contribution < -0.4 is 14.4 Å². The van der Waals surface area contributed by atoms with Crippen LogP contribution in [0.15, 0.2) is 78.4 Å². The molecule has 1 fully saturated rings. The van der Waals surface area contributed by atoms with Gasteiger partial charge in [0.2, 0.25) is 0 Å². The third-order valence-electron chi connectivity index (χ3n) is 6.25. The number of nitrogens with zero attached hydrogens (tertiary/aromatic N) is 1. The van der Waals surface area contributed by atoms with Gasteiger partial charge in [0.1, 0.15) is 17.3 Å². The van der Waals surface area contributed by atoms with Crippen molar-refractivity contribution in [3.63, 3.8) is 0 Å². The van der Waals surface area contributed by atoms with Gasteiger partial charge in [0.05, 0.1) is 38.9 Å². The van der Waals surface area contributed by atoms with E-state index in [-0.39, 0.29) is 23.7 Å². The molecule has 0 spiro atoms. The molecule has 8 nitrogen and oxygen atoms in total. The van der Waals surface area contributed by atoms with Crippen molar-refractivity contribution in [1.82, 2.24) is 0 Å². The number of methoxy groups -OCH3 is 2. The molecular formula is C30H29NO7. The normalized spacial score (nSPS) is 16.4. The Labute approximate surface area is 221 Å². The molecule has 8 heteroatoms. The van der Waals surface area contributed by atoms with Crippen molar-refractivity contribution in [1.29, 1.82) is 0 Å². The van der Waals surface area contributed by atoms with Crippen LogP contribution in [0.5, 0.6) is 11.5 Å². The minimum atomic E-state index is -0.896. The van der Waals surface area contributed by atoms with E-state index in [4.69, 9.17) is 14.2 Å². The topological polar surface area (TPSA) is 102 Å². The Kier molecular flexibility index (Phi) is 8.11. The predicted octanol–water partition coefficient (Wildman–Crippen LogP) is 4.83. The number of hydrogen-bond acceptors (Lipinski definition) is 7. The summed E-state index contributed by atoms with van der Waals surface area (Å²) in [5.74, 6) is -1.10. The zero-order valence-electron chi connectivity index (χ0n) is 21.5. The highest BCUT2D eigenvalue weighted by molar-refractivity contribution is 6.51. The summed E-state index contributed by atoms with van der Waals surface area (Å²) in [6.45, 7) is 2.49. The van der Waals surface area contributed by atoms with Crippen LogP contribution in [0.4, 0.5) is 5.69 Å². The Bertz CT molecular complexity index is 1360. The Morgan fingerprint density at radius 1 is 0.947 bits per heavy atom. The lowest BCUT2D eigenvalue weighted by molar-refractivity contribution is -0.139. The molecule has 1 saturated heterocycles. The first-order valence-electron chi connectivity index (χ1n) is 12.2. The van der Waals surface area contributed by atoms with E-state index in [0.29, 0.717) is 40.5 Å². The zero-order valence-corrected chi connectivity index (χ0v) is 21.5. The maximum atomic E-state index is 13.4. The van der Waals surface area contributed by atoms with Gasteiger partial charge in [-0.2, -0.15) is 0 Å². The number of aliphatic hydroxyl groups excluding tert-OH is 1. The number of rotatable bonds is 9. The number of ketones is 1. The van der Waals surface area contributed by atoms with Gasteiger partial charge >= 0.3 is 5.97 Å². The second-order valence-electron chi connectivity index (χ2n) is 8.74. The molecule has 1 heterocycles. The van der Waals surface area contributed by atoms with E-state index in [1.54, 1.807) is 79.9 Å². The fourth-order valence-electron chi connectivity index (χ4n) is 4.32. The molecule has 1 aliphatic heterocycles. The van der Waals surface area contributed by atoms with Gasteiger partial charge in [-0.15, -0.1) is 0 Å². The first-order chi connectivity index (χ1) is 18.4. The molecule has 0 bridgehead atoms. The summed E-state index contributed by atoms with van der Waals surface area (Å²) in [7, 11) is 2.86. The number of carbonyl (C=O) groups is 3. The van der Waals surface area contributed by atoms with Crippen LogP contribution in [0.1, 0.15) is 36.1 Å². The molecule has 0 aliphatic carbocycles. The number of aliphatic hydroxyl groups is 1. The van der Waals surface area contributed by atoms with E-state index < -0.39 is 17.7 Å². The van der Waals surface area contributed by atoms with Crippen molar-refractivity contribution in [2.75, 3.05) is 25.7 Å². The van der Waals surface area contributed by atoms with Gasteiger partial charge in [-0.3, -0.25) is 19.3 Å². The van der Waals surface area contributed by atoms with Crippen molar-refractivity contribution in [3.05, 3.63) is 95.1 Å². The molecule has 3 aromatic carbocycles. The molecule has 1 atom stereocenters. The molecule has 38 heavy (non-hydrogen) atoms. The lowest BCUT2D eigenvalue weighted by Crippen LogP contribution is -2.29. The lowest BCUT2D eigenvalue weighted by Gasteiger charge is -2.25. The highest BCUT2D eigenvalue weighted by atomic mass is 16.5. The van der Waals surface area contributed by atoms with Crippen LogP contribution in [0.3, 0.4) is 0 Å².